The van der Waals surface area contributed by atoms with Gasteiger partial charge >= 0.3 is 0 Å². The Bertz CT molecular complexity index is 379. The first-order valence-corrected chi connectivity index (χ1v) is 7.94. The molecule has 0 aromatic rings. The van der Waals surface area contributed by atoms with Gasteiger partial charge in [0, 0.05) is 6.42 Å². The molecule has 2 aliphatic carbocycles. The molecule has 2 fully saturated rings. The lowest BCUT2D eigenvalue weighted by atomic mass is 9.47. The Morgan fingerprint density at radius 3 is 2.63 bits per heavy atom. The first kappa shape index (κ1) is 14.8. The van der Waals surface area contributed by atoms with Crippen LogP contribution in [0, 0.1) is 22.7 Å². The second-order valence-electron chi connectivity index (χ2n) is 7.89. The third kappa shape index (κ3) is 2.66. The van der Waals surface area contributed by atoms with E-state index in [0.717, 1.165) is 18.8 Å². The molecule has 19 heavy (non-hydrogen) atoms. The minimum absolute atomic E-state index is 0.327. The molecule has 1 heteroatoms. The zero-order valence-corrected chi connectivity index (χ0v) is 13.2. The van der Waals surface area contributed by atoms with Gasteiger partial charge < -0.3 is 4.79 Å². The Kier molecular flexibility index (Phi) is 3.95. The number of fused-ring (bicyclic) bond motifs is 1. The van der Waals surface area contributed by atoms with Crippen molar-refractivity contribution in [3.8, 4) is 0 Å². The first-order chi connectivity index (χ1) is 8.77. The molecule has 0 bridgehead atoms. The third-order valence-corrected chi connectivity index (χ3v) is 6.10. The van der Waals surface area contributed by atoms with E-state index in [4.69, 9.17) is 0 Å². The number of carbonyl (C=O) groups is 1. The van der Waals surface area contributed by atoms with Gasteiger partial charge in [0.1, 0.15) is 5.78 Å². The SMILES string of the molecule is C=C1CCC2C(C)(C)CCC[C@@]2(C)C1CCC(C)=O. The second kappa shape index (κ2) is 5.07. The maximum atomic E-state index is 11.4. The van der Waals surface area contributed by atoms with Crippen LogP contribution in [0.2, 0.25) is 0 Å². The number of carbonyl (C=O) groups excluding carboxylic acids is 1. The molecule has 0 aromatic heterocycles. The minimum Gasteiger partial charge on any atom is -0.300 e. The molecule has 0 heterocycles. The Labute approximate surface area is 118 Å². The highest BCUT2D eigenvalue weighted by Gasteiger charge is 2.52. The fourth-order valence-corrected chi connectivity index (χ4v) is 5.16. The van der Waals surface area contributed by atoms with E-state index in [1.165, 1.54) is 37.7 Å². The number of Topliss-reactive ketones (excluding diaryl/α,β-unsaturated/α-hetero) is 1. The number of allylic oxidation sites excluding steroid dienone is 1. The molecule has 2 saturated carbocycles. The highest BCUT2D eigenvalue weighted by atomic mass is 16.1. The van der Waals surface area contributed by atoms with Gasteiger partial charge in [-0.3, -0.25) is 0 Å². The monoisotopic (exact) mass is 262 g/mol. The van der Waals surface area contributed by atoms with Gasteiger partial charge in [-0.1, -0.05) is 39.3 Å². The van der Waals surface area contributed by atoms with Gasteiger partial charge in [-0.05, 0) is 61.7 Å². The summed E-state index contributed by atoms with van der Waals surface area (Å²) in [5.74, 6) is 1.69. The zero-order chi connectivity index (χ0) is 14.3. The molecule has 108 valence electrons. The molecule has 0 amide bonds. The first-order valence-electron chi connectivity index (χ1n) is 7.94. The van der Waals surface area contributed by atoms with Crippen molar-refractivity contribution in [2.45, 2.75) is 72.6 Å². The fraction of sp³-hybridized carbons (Fsp3) is 0.833. The molecule has 2 rings (SSSR count). The summed E-state index contributed by atoms with van der Waals surface area (Å²) in [6.45, 7) is 13.4. The summed E-state index contributed by atoms with van der Waals surface area (Å²) in [4.78, 5) is 11.4. The van der Waals surface area contributed by atoms with Crippen LogP contribution in [0.3, 0.4) is 0 Å². The molecule has 0 N–H and O–H groups in total. The van der Waals surface area contributed by atoms with Crippen molar-refractivity contribution in [3.05, 3.63) is 12.2 Å². The summed E-state index contributed by atoms with van der Waals surface area (Å²) in [6.07, 6.45) is 8.25. The normalized spacial score (nSPS) is 37.8. The smallest absolute Gasteiger partial charge is 0.129 e. The van der Waals surface area contributed by atoms with E-state index in [9.17, 15) is 4.79 Å². The topological polar surface area (TPSA) is 17.1 Å². The summed E-state index contributed by atoms with van der Waals surface area (Å²) in [7, 11) is 0. The van der Waals surface area contributed by atoms with Crippen LogP contribution < -0.4 is 0 Å². The van der Waals surface area contributed by atoms with Crippen molar-refractivity contribution in [1.29, 1.82) is 0 Å². The molecule has 0 saturated heterocycles. The quantitative estimate of drug-likeness (QED) is 0.642. The number of rotatable bonds is 3. The molecule has 0 spiro atoms. The van der Waals surface area contributed by atoms with E-state index in [1.807, 2.05) is 0 Å². The lowest BCUT2D eigenvalue weighted by molar-refractivity contribution is -0.118. The van der Waals surface area contributed by atoms with Crippen LogP contribution in [0.5, 0.6) is 0 Å². The lowest BCUT2D eigenvalue weighted by Gasteiger charge is -2.58. The van der Waals surface area contributed by atoms with Gasteiger partial charge in [-0.25, -0.2) is 0 Å². The van der Waals surface area contributed by atoms with Crippen LogP contribution in [0.15, 0.2) is 12.2 Å². The third-order valence-electron chi connectivity index (χ3n) is 6.10. The Hall–Kier alpha value is -0.590. The van der Waals surface area contributed by atoms with Gasteiger partial charge in [0.15, 0.2) is 0 Å². The predicted molar refractivity (Wildman–Crippen MR) is 81.0 cm³/mol. The van der Waals surface area contributed by atoms with Crippen LogP contribution in [0.1, 0.15) is 72.6 Å². The molecule has 2 unspecified atom stereocenters. The largest absolute Gasteiger partial charge is 0.300 e. The standard InChI is InChI=1S/C18H30O/c1-13-7-10-16-17(3,4)11-6-12-18(16,5)15(13)9-8-14(2)19/h15-16H,1,6-12H2,2-5H3/t15?,16?,18-/m0/s1. The molecule has 0 aliphatic heterocycles. The molecule has 0 radical (unpaired) electrons. The number of hydrogen-bond acceptors (Lipinski definition) is 1. The van der Waals surface area contributed by atoms with Crippen LogP contribution in [-0.2, 0) is 4.79 Å². The molecule has 1 nitrogen and oxygen atoms in total. The summed E-state index contributed by atoms with van der Waals surface area (Å²) in [5, 5.41) is 0. The van der Waals surface area contributed by atoms with Crippen molar-refractivity contribution in [2.75, 3.05) is 0 Å². The molecular weight excluding hydrogens is 232 g/mol. The molecular formula is C18H30O. The minimum atomic E-state index is 0.327. The zero-order valence-electron chi connectivity index (χ0n) is 13.2. The summed E-state index contributed by atoms with van der Waals surface area (Å²) < 4.78 is 0. The van der Waals surface area contributed by atoms with E-state index in [-0.39, 0.29) is 0 Å². The van der Waals surface area contributed by atoms with Crippen molar-refractivity contribution in [2.24, 2.45) is 22.7 Å². The second-order valence-corrected chi connectivity index (χ2v) is 7.89. The van der Waals surface area contributed by atoms with Crippen LogP contribution >= 0.6 is 0 Å². The molecule has 3 atom stereocenters. The van der Waals surface area contributed by atoms with Crippen molar-refractivity contribution in [1.82, 2.24) is 0 Å². The molecule has 0 aromatic carbocycles. The van der Waals surface area contributed by atoms with Crippen LogP contribution in [0.4, 0.5) is 0 Å². The average molecular weight is 262 g/mol. The predicted octanol–water partition coefficient (Wildman–Crippen LogP) is 5.15. The van der Waals surface area contributed by atoms with Gasteiger partial charge in [0.05, 0.1) is 0 Å². The molecule has 2 aliphatic rings. The summed E-state index contributed by atoms with van der Waals surface area (Å²) in [5.41, 5.74) is 2.26. The fourth-order valence-electron chi connectivity index (χ4n) is 5.16. The highest BCUT2D eigenvalue weighted by Crippen LogP contribution is 2.61. The summed E-state index contributed by atoms with van der Waals surface area (Å²) in [6, 6.07) is 0. The van der Waals surface area contributed by atoms with Gasteiger partial charge in [-0.15, -0.1) is 0 Å². The lowest BCUT2D eigenvalue weighted by Crippen LogP contribution is -2.49. The number of ketones is 1. The highest BCUT2D eigenvalue weighted by molar-refractivity contribution is 5.75. The Morgan fingerprint density at radius 2 is 2.00 bits per heavy atom. The Morgan fingerprint density at radius 1 is 1.32 bits per heavy atom. The van der Waals surface area contributed by atoms with Gasteiger partial charge in [0.2, 0.25) is 0 Å². The van der Waals surface area contributed by atoms with Crippen LogP contribution in [-0.4, -0.2) is 5.78 Å². The maximum absolute atomic E-state index is 11.4. The summed E-state index contributed by atoms with van der Waals surface area (Å²) >= 11 is 0. The van der Waals surface area contributed by atoms with E-state index in [1.54, 1.807) is 6.92 Å². The number of hydrogen-bond donors (Lipinski definition) is 0. The van der Waals surface area contributed by atoms with Crippen molar-refractivity contribution >= 4 is 5.78 Å². The van der Waals surface area contributed by atoms with Crippen molar-refractivity contribution in [3.63, 3.8) is 0 Å². The maximum Gasteiger partial charge on any atom is 0.129 e. The van der Waals surface area contributed by atoms with Gasteiger partial charge in [-0.2, -0.15) is 0 Å². The van der Waals surface area contributed by atoms with E-state index in [0.29, 0.717) is 22.5 Å². The Balaban J connectivity index is 2.24. The van der Waals surface area contributed by atoms with Gasteiger partial charge in [0.25, 0.3) is 0 Å². The van der Waals surface area contributed by atoms with E-state index >= 15 is 0 Å². The van der Waals surface area contributed by atoms with E-state index < -0.39 is 0 Å². The van der Waals surface area contributed by atoms with Crippen LogP contribution in [0.25, 0.3) is 0 Å². The van der Waals surface area contributed by atoms with Crippen molar-refractivity contribution < 1.29 is 4.79 Å². The van der Waals surface area contributed by atoms with E-state index in [2.05, 4.69) is 27.4 Å². The average Bonchev–Trinajstić information content (AvgIpc) is 2.26.